The minimum atomic E-state index is -3.22. The number of hydrogen-bond acceptors (Lipinski definition) is 8. The van der Waals surface area contributed by atoms with E-state index in [9.17, 15) is 13.2 Å². The average molecular weight is 444 g/mol. The van der Waals surface area contributed by atoms with Crippen molar-refractivity contribution in [2.45, 2.75) is 25.8 Å². The number of nitrogens with zero attached hydrogens (tertiary/aromatic N) is 4. The molecule has 0 unspecified atom stereocenters. The highest BCUT2D eigenvalue weighted by molar-refractivity contribution is 7.89. The van der Waals surface area contributed by atoms with Crippen molar-refractivity contribution < 1.29 is 13.2 Å². The van der Waals surface area contributed by atoms with Crippen LogP contribution in [0.1, 0.15) is 30.1 Å². The smallest absolute Gasteiger partial charge is 0.254 e. The number of sulfonamides is 1. The van der Waals surface area contributed by atoms with E-state index in [0.29, 0.717) is 30.9 Å². The third-order valence-electron chi connectivity index (χ3n) is 5.12. The van der Waals surface area contributed by atoms with Gasteiger partial charge in [-0.05, 0) is 44.0 Å². The maximum atomic E-state index is 12.0. The summed E-state index contributed by atoms with van der Waals surface area (Å²) in [6.45, 7) is 2.61. The van der Waals surface area contributed by atoms with Gasteiger partial charge in [0.2, 0.25) is 16.0 Å². The first kappa shape index (κ1) is 20.9. The summed E-state index contributed by atoms with van der Waals surface area (Å²) in [6.07, 6.45) is 6.86. The second kappa shape index (κ2) is 8.42. The SMILES string of the molecule is CCS(=O)(=O)N1C=CN(c2ccc(Nc3ncc(C(N)=O)c(NC4CC4)n3)cc2)CC1. The molecule has 1 amide bonds. The first-order valence-corrected chi connectivity index (χ1v) is 11.7. The van der Waals surface area contributed by atoms with Crippen LogP contribution in [0.15, 0.2) is 42.9 Å². The van der Waals surface area contributed by atoms with Gasteiger partial charge in [0.25, 0.3) is 5.91 Å². The number of carbonyl (C=O) groups is 1. The van der Waals surface area contributed by atoms with Gasteiger partial charge in [-0.25, -0.2) is 13.4 Å². The number of carbonyl (C=O) groups excluding carboxylic acids is 1. The van der Waals surface area contributed by atoms with E-state index >= 15 is 0 Å². The molecule has 11 heteroatoms. The minimum absolute atomic E-state index is 0.0814. The Morgan fingerprint density at radius 3 is 2.52 bits per heavy atom. The zero-order valence-electron chi connectivity index (χ0n) is 17.2. The number of hydrogen-bond donors (Lipinski definition) is 3. The minimum Gasteiger partial charge on any atom is -0.367 e. The summed E-state index contributed by atoms with van der Waals surface area (Å²) in [5.41, 5.74) is 7.41. The molecule has 2 aliphatic rings. The quantitative estimate of drug-likeness (QED) is 0.563. The molecular weight excluding hydrogens is 418 g/mol. The van der Waals surface area contributed by atoms with Crippen molar-refractivity contribution in [2.24, 2.45) is 5.73 Å². The number of primary amides is 1. The lowest BCUT2D eigenvalue weighted by Crippen LogP contribution is -2.38. The van der Waals surface area contributed by atoms with E-state index in [4.69, 9.17) is 5.73 Å². The van der Waals surface area contributed by atoms with Crippen LogP contribution in [0.25, 0.3) is 0 Å². The predicted molar refractivity (Wildman–Crippen MR) is 120 cm³/mol. The predicted octanol–water partition coefficient (Wildman–Crippen LogP) is 1.84. The summed E-state index contributed by atoms with van der Waals surface area (Å²) < 4.78 is 25.3. The fourth-order valence-electron chi connectivity index (χ4n) is 3.14. The van der Waals surface area contributed by atoms with Gasteiger partial charge in [0.1, 0.15) is 5.82 Å². The van der Waals surface area contributed by atoms with Crippen molar-refractivity contribution in [3.63, 3.8) is 0 Å². The highest BCUT2D eigenvalue weighted by Crippen LogP contribution is 2.27. The Bertz CT molecular complexity index is 1100. The molecule has 1 aromatic carbocycles. The summed E-state index contributed by atoms with van der Waals surface area (Å²) in [5.74, 6) is 0.310. The van der Waals surface area contributed by atoms with Crippen LogP contribution in [0.3, 0.4) is 0 Å². The first-order valence-electron chi connectivity index (χ1n) is 10.1. The topological polar surface area (TPSA) is 134 Å². The molecule has 0 bridgehead atoms. The molecule has 4 N–H and O–H groups in total. The second-order valence-electron chi connectivity index (χ2n) is 7.41. The summed E-state index contributed by atoms with van der Waals surface area (Å²) >= 11 is 0. The Morgan fingerprint density at radius 2 is 1.94 bits per heavy atom. The molecule has 0 radical (unpaired) electrons. The fraction of sp³-hybridized carbons (Fsp3) is 0.350. The number of nitrogens with two attached hydrogens (primary N) is 1. The van der Waals surface area contributed by atoms with E-state index in [2.05, 4.69) is 20.6 Å². The van der Waals surface area contributed by atoms with Gasteiger partial charge >= 0.3 is 0 Å². The van der Waals surface area contributed by atoms with Crippen LogP contribution in [0.2, 0.25) is 0 Å². The Kier molecular flexibility index (Phi) is 5.68. The first-order chi connectivity index (χ1) is 14.9. The van der Waals surface area contributed by atoms with E-state index in [1.807, 2.05) is 29.2 Å². The van der Waals surface area contributed by atoms with Gasteiger partial charge in [0.05, 0.1) is 17.9 Å². The summed E-state index contributed by atoms with van der Waals surface area (Å²) in [7, 11) is -3.22. The van der Waals surface area contributed by atoms with Crippen LogP contribution in [0.5, 0.6) is 0 Å². The Morgan fingerprint density at radius 1 is 1.19 bits per heavy atom. The molecule has 1 fully saturated rings. The van der Waals surface area contributed by atoms with Gasteiger partial charge in [0, 0.05) is 42.6 Å². The van der Waals surface area contributed by atoms with E-state index < -0.39 is 15.9 Å². The summed E-state index contributed by atoms with van der Waals surface area (Å²) in [5, 5.41) is 6.34. The lowest BCUT2D eigenvalue weighted by atomic mass is 10.2. The third-order valence-corrected chi connectivity index (χ3v) is 6.87. The molecule has 0 spiro atoms. The standard InChI is InChI=1S/C20H25N7O3S/c1-2-31(29,30)27-11-9-26(10-12-27)16-7-5-15(6-8-16)24-20-22-13-17(18(21)28)19(25-20)23-14-3-4-14/h5-9,11,13-14H,2-4,10,12H2,1H3,(H2,21,28)(H2,22,23,24,25). The summed E-state index contributed by atoms with van der Waals surface area (Å²) in [6, 6.07) is 7.95. The largest absolute Gasteiger partial charge is 0.367 e. The van der Waals surface area contributed by atoms with Crippen molar-refractivity contribution in [3.8, 4) is 0 Å². The highest BCUT2D eigenvalue weighted by Gasteiger charge is 2.24. The Hall–Kier alpha value is -3.34. The van der Waals surface area contributed by atoms with Crippen molar-refractivity contribution in [1.29, 1.82) is 0 Å². The van der Waals surface area contributed by atoms with Crippen molar-refractivity contribution in [1.82, 2.24) is 14.3 Å². The molecule has 1 aliphatic carbocycles. The zero-order chi connectivity index (χ0) is 22.0. The van der Waals surface area contributed by atoms with Gasteiger partial charge in [-0.3, -0.25) is 9.10 Å². The van der Waals surface area contributed by atoms with Crippen LogP contribution < -0.4 is 21.3 Å². The van der Waals surface area contributed by atoms with Crippen molar-refractivity contribution in [2.75, 3.05) is 34.4 Å². The molecule has 2 aromatic rings. The van der Waals surface area contributed by atoms with Crippen LogP contribution in [-0.4, -0.2) is 53.5 Å². The van der Waals surface area contributed by atoms with E-state index in [0.717, 1.165) is 24.2 Å². The van der Waals surface area contributed by atoms with E-state index in [1.165, 1.54) is 10.5 Å². The van der Waals surface area contributed by atoms with E-state index in [1.54, 1.807) is 19.3 Å². The maximum absolute atomic E-state index is 12.0. The van der Waals surface area contributed by atoms with Gasteiger partial charge in [-0.2, -0.15) is 4.98 Å². The number of benzene rings is 1. The second-order valence-corrected chi connectivity index (χ2v) is 9.62. The normalized spacial score (nSPS) is 16.3. The highest BCUT2D eigenvalue weighted by atomic mass is 32.2. The molecule has 0 saturated heterocycles. The third kappa shape index (κ3) is 4.88. The summed E-state index contributed by atoms with van der Waals surface area (Å²) in [4.78, 5) is 22.2. The number of rotatable bonds is 8. The number of nitrogens with one attached hydrogen (secondary N) is 2. The van der Waals surface area contributed by atoms with Crippen LogP contribution in [0.4, 0.5) is 23.1 Å². The molecule has 2 heterocycles. The van der Waals surface area contributed by atoms with Gasteiger partial charge in [0.15, 0.2) is 0 Å². The molecular formula is C20H25N7O3S. The molecule has 1 saturated carbocycles. The molecule has 0 atom stereocenters. The van der Waals surface area contributed by atoms with Crippen molar-refractivity contribution >= 4 is 39.1 Å². The fourth-order valence-corrected chi connectivity index (χ4v) is 4.07. The molecule has 4 rings (SSSR count). The van der Waals surface area contributed by atoms with E-state index in [-0.39, 0.29) is 11.3 Å². The van der Waals surface area contributed by atoms with Gasteiger partial charge in [-0.1, -0.05) is 0 Å². The van der Waals surface area contributed by atoms with Crippen LogP contribution >= 0.6 is 0 Å². The molecule has 10 nitrogen and oxygen atoms in total. The van der Waals surface area contributed by atoms with Crippen LogP contribution in [-0.2, 0) is 10.0 Å². The molecule has 1 aliphatic heterocycles. The van der Waals surface area contributed by atoms with Crippen molar-refractivity contribution in [3.05, 3.63) is 48.4 Å². The van der Waals surface area contributed by atoms with Gasteiger partial charge < -0.3 is 21.3 Å². The Balaban J connectivity index is 1.44. The molecule has 31 heavy (non-hydrogen) atoms. The maximum Gasteiger partial charge on any atom is 0.254 e. The zero-order valence-corrected chi connectivity index (χ0v) is 18.0. The van der Waals surface area contributed by atoms with Gasteiger partial charge in [-0.15, -0.1) is 0 Å². The average Bonchev–Trinajstić information content (AvgIpc) is 3.58. The lowest BCUT2D eigenvalue weighted by Gasteiger charge is -2.30. The lowest BCUT2D eigenvalue weighted by molar-refractivity contribution is 0.100. The Labute approximate surface area is 181 Å². The van der Waals surface area contributed by atoms with Crippen LogP contribution in [0, 0.1) is 0 Å². The number of anilines is 4. The molecule has 1 aromatic heterocycles. The monoisotopic (exact) mass is 443 g/mol. The number of aromatic nitrogens is 2. The molecule has 164 valence electrons. The number of amides is 1.